The van der Waals surface area contributed by atoms with Gasteiger partial charge in [-0.15, -0.1) is 0 Å². The third-order valence-corrected chi connectivity index (χ3v) is 4.74. The van der Waals surface area contributed by atoms with Gasteiger partial charge in [0.2, 0.25) is 0 Å². The maximum atomic E-state index is 13.7. The van der Waals surface area contributed by atoms with Crippen LogP contribution >= 0.6 is 0 Å². The quantitative estimate of drug-likeness (QED) is 0.621. The number of alkyl halides is 3. The number of rotatable bonds is 5. The lowest BCUT2D eigenvalue weighted by molar-refractivity contribution is -0.174. The van der Waals surface area contributed by atoms with Crippen molar-refractivity contribution in [3.05, 3.63) is 60.2 Å². The summed E-state index contributed by atoms with van der Waals surface area (Å²) in [5, 5.41) is 9.56. The number of amides is 1. The number of carbonyl (C=O) groups is 1. The highest BCUT2D eigenvalue weighted by Gasteiger charge is 2.47. The molecule has 30 heavy (non-hydrogen) atoms. The molecule has 0 fully saturated rings. The molecular weight excluding hydrogens is 401 g/mol. The molecule has 0 spiro atoms. The van der Waals surface area contributed by atoms with Crippen molar-refractivity contribution in [2.45, 2.75) is 31.6 Å². The van der Waals surface area contributed by atoms with E-state index >= 15 is 0 Å². The Morgan fingerprint density at radius 2 is 2.13 bits per heavy atom. The molecule has 1 amide bonds. The highest BCUT2D eigenvalue weighted by molar-refractivity contribution is 6.04. The number of ether oxygens (including phenoxy) is 1. The fourth-order valence-electron chi connectivity index (χ4n) is 3.40. The highest BCUT2D eigenvalue weighted by Crippen LogP contribution is 2.43. The fraction of sp³-hybridized carbons (Fsp3) is 0.300. The smallest absolute Gasteiger partial charge is 0.410 e. The van der Waals surface area contributed by atoms with Gasteiger partial charge < -0.3 is 19.8 Å². The SMILES string of the molecule is CCOc1ccccc1NC(=O)c1cc2n(n1)[C@H](C(F)(F)F)C[C@@H](c1ccco1)N2. The van der Waals surface area contributed by atoms with Gasteiger partial charge in [0.05, 0.1) is 24.6 Å². The van der Waals surface area contributed by atoms with E-state index in [2.05, 4.69) is 15.7 Å². The van der Waals surface area contributed by atoms with Crippen LogP contribution in [0.3, 0.4) is 0 Å². The summed E-state index contributed by atoms with van der Waals surface area (Å²) in [5.41, 5.74) is 0.266. The normalized spacial score (nSPS) is 18.4. The van der Waals surface area contributed by atoms with Crippen molar-refractivity contribution in [2.75, 3.05) is 17.2 Å². The number of furan rings is 1. The Kier molecular flexibility index (Phi) is 5.15. The van der Waals surface area contributed by atoms with E-state index < -0.39 is 24.2 Å². The van der Waals surface area contributed by atoms with Gasteiger partial charge in [-0.05, 0) is 31.2 Å². The fourth-order valence-corrected chi connectivity index (χ4v) is 3.40. The average Bonchev–Trinajstić information content (AvgIpc) is 3.38. The van der Waals surface area contributed by atoms with Crippen LogP contribution in [0.4, 0.5) is 24.7 Å². The van der Waals surface area contributed by atoms with Gasteiger partial charge in [-0.3, -0.25) is 4.79 Å². The molecule has 1 aliphatic heterocycles. The molecule has 0 radical (unpaired) electrons. The number of fused-ring (bicyclic) bond motifs is 1. The standard InChI is InChI=1S/C20H19F3N4O3/c1-2-29-15-7-4-3-6-12(15)25-19(28)14-11-18-24-13(16-8-5-9-30-16)10-17(20(21,22)23)27(18)26-14/h3-9,11,13,17,24H,2,10H2,1H3,(H,25,28)/t13-,17-/m0/s1. The third kappa shape index (κ3) is 3.85. The van der Waals surface area contributed by atoms with Crippen LogP contribution in [0.5, 0.6) is 5.75 Å². The van der Waals surface area contributed by atoms with Gasteiger partial charge in [0.25, 0.3) is 5.91 Å². The summed E-state index contributed by atoms with van der Waals surface area (Å²) in [5.74, 6) is 0.296. The molecule has 4 rings (SSSR count). The van der Waals surface area contributed by atoms with Crippen LogP contribution in [0.15, 0.2) is 53.1 Å². The zero-order valence-electron chi connectivity index (χ0n) is 15.9. The van der Waals surface area contributed by atoms with E-state index in [0.717, 1.165) is 4.68 Å². The Morgan fingerprint density at radius 3 is 2.83 bits per heavy atom. The minimum Gasteiger partial charge on any atom is -0.492 e. The molecule has 0 saturated heterocycles. The number of hydrogen-bond donors (Lipinski definition) is 2. The van der Waals surface area contributed by atoms with Crippen LogP contribution in [0.1, 0.15) is 41.7 Å². The van der Waals surface area contributed by atoms with Crippen molar-refractivity contribution in [3.63, 3.8) is 0 Å². The third-order valence-electron chi connectivity index (χ3n) is 4.74. The average molecular weight is 420 g/mol. The van der Waals surface area contributed by atoms with E-state index in [0.29, 0.717) is 23.8 Å². The molecule has 1 aromatic carbocycles. The lowest BCUT2D eigenvalue weighted by Gasteiger charge is -2.32. The van der Waals surface area contributed by atoms with Crippen molar-refractivity contribution in [3.8, 4) is 5.75 Å². The summed E-state index contributed by atoms with van der Waals surface area (Å²) in [6.45, 7) is 2.21. The van der Waals surface area contributed by atoms with Crippen LogP contribution in [0, 0.1) is 0 Å². The van der Waals surface area contributed by atoms with E-state index in [1.807, 2.05) is 0 Å². The van der Waals surface area contributed by atoms with Gasteiger partial charge in [0.15, 0.2) is 11.7 Å². The number of halogens is 3. The maximum Gasteiger partial charge on any atom is 0.410 e. The molecule has 0 aliphatic carbocycles. The predicted molar refractivity (Wildman–Crippen MR) is 103 cm³/mol. The number of aromatic nitrogens is 2. The van der Waals surface area contributed by atoms with Gasteiger partial charge in [-0.25, -0.2) is 4.68 Å². The molecule has 2 atom stereocenters. The number of carbonyl (C=O) groups excluding carboxylic acids is 1. The first-order chi connectivity index (χ1) is 14.4. The summed E-state index contributed by atoms with van der Waals surface area (Å²) in [6.07, 6.45) is -3.44. The van der Waals surface area contributed by atoms with E-state index in [9.17, 15) is 18.0 Å². The molecule has 2 aromatic heterocycles. The summed E-state index contributed by atoms with van der Waals surface area (Å²) >= 11 is 0. The molecule has 3 heterocycles. The minimum atomic E-state index is -4.54. The first kappa shape index (κ1) is 19.9. The number of anilines is 2. The van der Waals surface area contributed by atoms with Crippen LogP contribution < -0.4 is 15.4 Å². The van der Waals surface area contributed by atoms with Gasteiger partial charge >= 0.3 is 6.18 Å². The predicted octanol–water partition coefficient (Wildman–Crippen LogP) is 4.79. The molecule has 2 N–H and O–H groups in total. The number of hydrogen-bond acceptors (Lipinski definition) is 5. The van der Waals surface area contributed by atoms with Crippen molar-refractivity contribution in [1.82, 2.24) is 9.78 Å². The van der Waals surface area contributed by atoms with Crippen LogP contribution in [0.25, 0.3) is 0 Å². The lowest BCUT2D eigenvalue weighted by Crippen LogP contribution is -2.35. The summed E-state index contributed by atoms with van der Waals surface area (Å²) in [6, 6.07) is 8.73. The van der Waals surface area contributed by atoms with Gasteiger partial charge in [-0.2, -0.15) is 18.3 Å². The van der Waals surface area contributed by atoms with Crippen LogP contribution in [-0.2, 0) is 0 Å². The summed E-state index contributed by atoms with van der Waals surface area (Å²) in [4.78, 5) is 12.7. The maximum absolute atomic E-state index is 13.7. The zero-order chi connectivity index (χ0) is 21.3. The van der Waals surface area contributed by atoms with Gasteiger partial charge in [0.1, 0.15) is 17.3 Å². The molecule has 7 nitrogen and oxygen atoms in total. The zero-order valence-corrected chi connectivity index (χ0v) is 15.9. The van der Waals surface area contributed by atoms with E-state index in [-0.39, 0.29) is 17.9 Å². The Morgan fingerprint density at radius 1 is 1.33 bits per heavy atom. The molecule has 0 saturated carbocycles. The molecule has 158 valence electrons. The number of para-hydroxylation sites is 2. The van der Waals surface area contributed by atoms with Crippen LogP contribution in [-0.4, -0.2) is 28.5 Å². The number of nitrogens with one attached hydrogen (secondary N) is 2. The second-order valence-electron chi connectivity index (χ2n) is 6.75. The van der Waals surface area contributed by atoms with Crippen molar-refractivity contribution in [1.29, 1.82) is 0 Å². The molecule has 0 bridgehead atoms. The second kappa shape index (κ2) is 7.77. The van der Waals surface area contributed by atoms with Crippen molar-refractivity contribution in [2.24, 2.45) is 0 Å². The molecule has 3 aromatic rings. The molecule has 10 heteroatoms. The van der Waals surface area contributed by atoms with E-state index in [1.165, 1.54) is 12.3 Å². The largest absolute Gasteiger partial charge is 0.492 e. The van der Waals surface area contributed by atoms with E-state index in [4.69, 9.17) is 9.15 Å². The first-order valence-electron chi connectivity index (χ1n) is 9.36. The van der Waals surface area contributed by atoms with Gasteiger partial charge in [-0.1, -0.05) is 12.1 Å². The number of nitrogens with zero attached hydrogens (tertiary/aromatic N) is 2. The Bertz CT molecular complexity index is 1030. The minimum absolute atomic E-state index is 0.0909. The second-order valence-corrected chi connectivity index (χ2v) is 6.75. The molecular formula is C20H19F3N4O3. The summed E-state index contributed by atoms with van der Waals surface area (Å²) < 4.78 is 52.6. The lowest BCUT2D eigenvalue weighted by atomic mass is 10.0. The first-order valence-corrected chi connectivity index (χ1v) is 9.36. The molecule has 1 aliphatic rings. The topological polar surface area (TPSA) is 81.3 Å². The van der Waals surface area contributed by atoms with Crippen LogP contribution in [0.2, 0.25) is 0 Å². The Balaban J connectivity index is 1.63. The van der Waals surface area contributed by atoms with E-state index in [1.54, 1.807) is 43.3 Å². The van der Waals surface area contributed by atoms with Crippen molar-refractivity contribution >= 4 is 17.4 Å². The van der Waals surface area contributed by atoms with Gasteiger partial charge in [0, 0.05) is 12.5 Å². The monoisotopic (exact) mass is 420 g/mol. The summed E-state index contributed by atoms with van der Waals surface area (Å²) in [7, 11) is 0. The molecule has 0 unspecified atom stereocenters. The number of benzene rings is 1. The van der Waals surface area contributed by atoms with Crippen molar-refractivity contribution < 1.29 is 27.1 Å². The Hall–Kier alpha value is -3.43. The highest BCUT2D eigenvalue weighted by atomic mass is 19.4. The Labute approximate surface area is 169 Å².